The molecule has 0 atom stereocenters. The van der Waals surface area contributed by atoms with Gasteiger partial charge < -0.3 is 5.32 Å². The quantitative estimate of drug-likeness (QED) is 0.888. The first-order valence-electron chi connectivity index (χ1n) is 6.25. The number of aromatic nitrogens is 1. The number of hydrogen-bond donors (Lipinski definition) is 1. The molecule has 0 amide bonds. The van der Waals surface area contributed by atoms with Gasteiger partial charge in [-0.05, 0) is 43.9 Å². The van der Waals surface area contributed by atoms with Crippen LogP contribution in [0.3, 0.4) is 0 Å². The van der Waals surface area contributed by atoms with Crippen LogP contribution in [0.1, 0.15) is 24.6 Å². The molecule has 0 unspecified atom stereocenters. The first kappa shape index (κ1) is 11.7. The first-order chi connectivity index (χ1) is 8.70. The number of anilines is 1. The van der Waals surface area contributed by atoms with Crippen molar-refractivity contribution in [3.05, 3.63) is 34.2 Å². The third-order valence-electron chi connectivity index (χ3n) is 3.39. The maximum Gasteiger partial charge on any atom is 0.150 e. The van der Waals surface area contributed by atoms with E-state index in [4.69, 9.17) is 11.6 Å². The molecule has 1 aromatic carbocycles. The predicted molar refractivity (Wildman–Crippen MR) is 72.9 cm³/mol. The molecule has 1 N–H and O–H groups in total. The minimum atomic E-state index is -0.341. The fraction of sp³-hybridized carbons (Fsp3) is 0.357. The van der Waals surface area contributed by atoms with Crippen LogP contribution in [0.5, 0.6) is 0 Å². The van der Waals surface area contributed by atoms with Crippen LogP contribution in [0.15, 0.2) is 12.1 Å². The topological polar surface area (TPSA) is 24.9 Å². The number of benzene rings is 1. The Morgan fingerprint density at radius 3 is 3.00 bits per heavy atom. The Kier molecular flexibility index (Phi) is 2.86. The van der Waals surface area contributed by atoms with Crippen LogP contribution in [-0.2, 0) is 12.8 Å². The summed E-state index contributed by atoms with van der Waals surface area (Å²) in [7, 11) is 0. The number of halogens is 2. The lowest BCUT2D eigenvalue weighted by atomic mass is 10.1. The van der Waals surface area contributed by atoms with Gasteiger partial charge in [0.05, 0.1) is 0 Å². The van der Waals surface area contributed by atoms with Crippen LogP contribution in [0.2, 0.25) is 5.02 Å². The van der Waals surface area contributed by atoms with Gasteiger partial charge in [0.15, 0.2) is 5.82 Å². The van der Waals surface area contributed by atoms with Gasteiger partial charge in [-0.15, -0.1) is 0 Å². The maximum atomic E-state index is 14.0. The zero-order valence-electron chi connectivity index (χ0n) is 10.2. The average molecular weight is 265 g/mol. The van der Waals surface area contributed by atoms with Crippen molar-refractivity contribution in [1.29, 1.82) is 0 Å². The van der Waals surface area contributed by atoms with E-state index in [-0.39, 0.29) is 5.82 Å². The van der Waals surface area contributed by atoms with Gasteiger partial charge in [0.25, 0.3) is 0 Å². The molecule has 1 aliphatic carbocycles. The average Bonchev–Trinajstić information content (AvgIpc) is 2.78. The predicted octanol–water partition coefficient (Wildman–Crippen LogP) is 3.95. The van der Waals surface area contributed by atoms with Crippen molar-refractivity contribution in [3.63, 3.8) is 0 Å². The Labute approximate surface area is 110 Å². The summed E-state index contributed by atoms with van der Waals surface area (Å²) in [5.74, 6) is -0.341. The Balaban J connectivity index is 2.38. The minimum Gasteiger partial charge on any atom is -0.384 e. The van der Waals surface area contributed by atoms with Crippen molar-refractivity contribution < 1.29 is 4.39 Å². The summed E-state index contributed by atoms with van der Waals surface area (Å²) in [5, 5.41) is 4.55. The van der Waals surface area contributed by atoms with E-state index in [1.165, 1.54) is 11.6 Å². The summed E-state index contributed by atoms with van der Waals surface area (Å²) in [5.41, 5.74) is 3.69. The third-order valence-corrected chi connectivity index (χ3v) is 3.61. The molecule has 1 heterocycles. The molecule has 0 radical (unpaired) electrons. The molecule has 1 aliphatic rings. The lowest BCUT2D eigenvalue weighted by Crippen LogP contribution is -2.04. The number of nitrogens with zero attached hydrogens (tertiary/aromatic N) is 1. The van der Waals surface area contributed by atoms with Crippen molar-refractivity contribution in [1.82, 2.24) is 4.98 Å². The molecule has 2 aromatic rings. The van der Waals surface area contributed by atoms with Gasteiger partial charge >= 0.3 is 0 Å². The zero-order chi connectivity index (χ0) is 12.7. The molecule has 1 aromatic heterocycles. The number of aryl methyl sites for hydroxylation is 1. The Morgan fingerprint density at radius 2 is 2.22 bits per heavy atom. The van der Waals surface area contributed by atoms with Crippen molar-refractivity contribution in [3.8, 4) is 0 Å². The minimum absolute atomic E-state index is 0.341. The van der Waals surface area contributed by atoms with Crippen molar-refractivity contribution in [2.75, 3.05) is 11.9 Å². The first-order valence-corrected chi connectivity index (χ1v) is 6.63. The van der Waals surface area contributed by atoms with Crippen LogP contribution in [-0.4, -0.2) is 11.5 Å². The molecular weight excluding hydrogens is 251 g/mol. The van der Waals surface area contributed by atoms with Gasteiger partial charge in [-0.3, -0.25) is 0 Å². The van der Waals surface area contributed by atoms with Gasteiger partial charge in [0.2, 0.25) is 0 Å². The molecule has 3 rings (SSSR count). The van der Waals surface area contributed by atoms with E-state index in [0.29, 0.717) is 10.5 Å². The van der Waals surface area contributed by atoms with Gasteiger partial charge in [-0.1, -0.05) is 11.6 Å². The second kappa shape index (κ2) is 4.39. The largest absolute Gasteiger partial charge is 0.384 e. The Bertz CT molecular complexity index is 625. The summed E-state index contributed by atoms with van der Waals surface area (Å²) >= 11 is 5.95. The molecule has 2 nitrogen and oxygen atoms in total. The highest BCUT2D eigenvalue weighted by Crippen LogP contribution is 2.36. The van der Waals surface area contributed by atoms with E-state index < -0.39 is 0 Å². The number of nitrogens with one attached hydrogen (secondary N) is 1. The van der Waals surface area contributed by atoms with Crippen molar-refractivity contribution >= 4 is 28.2 Å². The zero-order valence-corrected chi connectivity index (χ0v) is 10.9. The van der Waals surface area contributed by atoms with Crippen LogP contribution in [0, 0.1) is 5.82 Å². The van der Waals surface area contributed by atoms with E-state index in [2.05, 4.69) is 10.3 Å². The van der Waals surface area contributed by atoms with E-state index >= 15 is 0 Å². The number of hydrogen-bond acceptors (Lipinski definition) is 2. The molecule has 94 valence electrons. The molecular formula is C14H14ClFN2. The van der Waals surface area contributed by atoms with E-state index in [1.54, 1.807) is 6.07 Å². The lowest BCUT2D eigenvalue weighted by Gasteiger charge is -2.14. The second-order valence-corrected chi connectivity index (χ2v) is 5.02. The van der Waals surface area contributed by atoms with Crippen LogP contribution >= 0.6 is 11.6 Å². The Morgan fingerprint density at radius 1 is 1.39 bits per heavy atom. The normalized spacial score (nSPS) is 13.9. The van der Waals surface area contributed by atoms with E-state index in [1.807, 2.05) is 6.92 Å². The molecule has 0 fully saturated rings. The smallest absolute Gasteiger partial charge is 0.150 e. The SMILES string of the molecule is CCNc1c2c(nc3c(F)cc(Cl)cc13)CCC2. The highest BCUT2D eigenvalue weighted by molar-refractivity contribution is 6.31. The monoisotopic (exact) mass is 264 g/mol. The fourth-order valence-corrected chi connectivity index (χ4v) is 2.87. The van der Waals surface area contributed by atoms with Gasteiger partial charge in [0.1, 0.15) is 5.52 Å². The Hall–Kier alpha value is -1.35. The summed E-state index contributed by atoms with van der Waals surface area (Å²) in [4.78, 5) is 4.47. The highest BCUT2D eigenvalue weighted by Gasteiger charge is 2.21. The summed E-state index contributed by atoms with van der Waals surface area (Å²) in [6.45, 7) is 2.84. The van der Waals surface area contributed by atoms with E-state index in [9.17, 15) is 4.39 Å². The highest BCUT2D eigenvalue weighted by atomic mass is 35.5. The third kappa shape index (κ3) is 1.74. The molecule has 4 heteroatoms. The van der Waals surface area contributed by atoms with Gasteiger partial charge in [-0.25, -0.2) is 9.37 Å². The molecule has 0 saturated heterocycles. The van der Waals surface area contributed by atoms with Crippen LogP contribution in [0.25, 0.3) is 10.9 Å². The molecule has 0 saturated carbocycles. The maximum absolute atomic E-state index is 14.0. The number of fused-ring (bicyclic) bond motifs is 2. The molecule has 18 heavy (non-hydrogen) atoms. The van der Waals surface area contributed by atoms with Gasteiger partial charge in [-0.2, -0.15) is 0 Å². The van der Waals surface area contributed by atoms with Gasteiger partial charge in [0, 0.05) is 28.3 Å². The molecule has 0 aliphatic heterocycles. The second-order valence-electron chi connectivity index (χ2n) is 4.58. The van der Waals surface area contributed by atoms with E-state index in [0.717, 1.165) is 42.6 Å². The van der Waals surface area contributed by atoms with Crippen molar-refractivity contribution in [2.24, 2.45) is 0 Å². The lowest BCUT2D eigenvalue weighted by molar-refractivity contribution is 0.636. The summed E-state index contributed by atoms with van der Waals surface area (Å²) < 4.78 is 14.0. The number of rotatable bonds is 2. The fourth-order valence-electron chi connectivity index (χ4n) is 2.67. The summed E-state index contributed by atoms with van der Waals surface area (Å²) in [6.07, 6.45) is 3.03. The molecule has 0 bridgehead atoms. The van der Waals surface area contributed by atoms with Crippen molar-refractivity contribution in [2.45, 2.75) is 26.2 Å². The summed E-state index contributed by atoms with van der Waals surface area (Å²) in [6, 6.07) is 3.12. The molecule has 0 spiro atoms. The van der Waals surface area contributed by atoms with Crippen LogP contribution < -0.4 is 5.32 Å². The number of pyridine rings is 1. The standard InChI is InChI=1S/C14H14ClFN2/c1-2-17-13-9-4-3-5-12(9)18-14-10(13)6-8(15)7-11(14)16/h6-7H,2-5H2,1H3,(H,17,18). The van der Waals surface area contributed by atoms with Crippen LogP contribution in [0.4, 0.5) is 10.1 Å².